The van der Waals surface area contributed by atoms with Crippen LogP contribution >= 0.6 is 0 Å². The summed E-state index contributed by atoms with van der Waals surface area (Å²) in [7, 11) is 0. The summed E-state index contributed by atoms with van der Waals surface area (Å²) < 4.78 is 1.70. The van der Waals surface area contributed by atoms with Crippen LogP contribution in [-0.2, 0) is 6.54 Å². The Morgan fingerprint density at radius 1 is 0.875 bits per heavy atom. The number of benzene rings is 2. The second-order valence-electron chi connectivity index (χ2n) is 6.45. The lowest BCUT2D eigenvalue weighted by molar-refractivity contribution is -0.393. The Morgan fingerprint density at radius 2 is 1.47 bits per heavy atom. The molecule has 0 saturated heterocycles. The Labute approximate surface area is 179 Å². The van der Waals surface area contributed by atoms with Gasteiger partial charge in [0, 0.05) is 36.2 Å². The Bertz CT molecular complexity index is 1260. The van der Waals surface area contributed by atoms with E-state index in [2.05, 4.69) is 10.5 Å². The minimum atomic E-state index is -0.766. The molecule has 0 unspecified atom stereocenters. The number of hydrogen-bond acceptors (Lipinski definition) is 9. The van der Waals surface area contributed by atoms with E-state index in [9.17, 15) is 30.3 Å². The van der Waals surface area contributed by atoms with Crippen molar-refractivity contribution in [1.29, 1.82) is 5.41 Å². The molecule has 3 aromatic rings. The normalized spacial score (nSPS) is 11.1. The Balaban J connectivity index is 1.99. The summed E-state index contributed by atoms with van der Waals surface area (Å²) in [5.74, 6) is 0. The monoisotopic (exact) mass is 437 g/mol. The molecule has 0 saturated carbocycles. The van der Waals surface area contributed by atoms with E-state index in [0.29, 0.717) is 16.6 Å². The first-order valence-electron chi connectivity index (χ1n) is 8.95. The van der Waals surface area contributed by atoms with Crippen molar-refractivity contribution in [3.8, 4) is 0 Å². The van der Waals surface area contributed by atoms with E-state index >= 15 is 0 Å². The number of non-ortho nitro benzene ring substituents is 2. The molecule has 0 amide bonds. The summed E-state index contributed by atoms with van der Waals surface area (Å²) in [6.07, 6.45) is 3.27. The molecule has 2 aromatic carbocycles. The standard InChI is InChI=1S/C19H15N7O6/c20-14-7-9-23(10-8-14)12-18(13-1-3-15(4-2-13)24(27)28)22-21-17-6-5-16(25(29)30)11-19(17)26(31)32/h1-11,20-21H,12H2/b22-18+. The molecule has 0 aliphatic carbocycles. The lowest BCUT2D eigenvalue weighted by Crippen LogP contribution is -2.15. The van der Waals surface area contributed by atoms with Crippen LogP contribution in [-0.4, -0.2) is 25.0 Å². The first-order chi connectivity index (χ1) is 15.2. The number of rotatable bonds is 8. The SMILES string of the molecule is N=c1ccn(C/C(=N\Nc2ccc([N+](=O)[O-])cc2[N+](=O)[O-])c2ccc([N+](=O)[O-])cc2)cc1. The van der Waals surface area contributed by atoms with Crippen molar-refractivity contribution in [3.05, 3.63) is 108 Å². The molecule has 13 heteroatoms. The van der Waals surface area contributed by atoms with Gasteiger partial charge in [-0.1, -0.05) is 0 Å². The number of nitrogens with one attached hydrogen (secondary N) is 2. The molecule has 0 spiro atoms. The van der Waals surface area contributed by atoms with E-state index in [1.54, 1.807) is 29.1 Å². The van der Waals surface area contributed by atoms with Gasteiger partial charge >= 0.3 is 5.69 Å². The van der Waals surface area contributed by atoms with Gasteiger partial charge in [0.15, 0.2) is 0 Å². The van der Waals surface area contributed by atoms with Gasteiger partial charge in [-0.05, 0) is 30.3 Å². The highest BCUT2D eigenvalue weighted by atomic mass is 16.6. The topological polar surface area (TPSA) is 183 Å². The molecular weight excluding hydrogens is 422 g/mol. The Morgan fingerprint density at radius 3 is 2.03 bits per heavy atom. The highest BCUT2D eigenvalue weighted by Crippen LogP contribution is 2.29. The molecule has 0 aliphatic rings. The summed E-state index contributed by atoms with van der Waals surface area (Å²) in [6.45, 7) is 0.172. The fraction of sp³-hybridized carbons (Fsp3) is 0.0526. The summed E-state index contributed by atoms with van der Waals surface area (Å²) >= 11 is 0. The molecule has 162 valence electrons. The number of pyridine rings is 1. The molecule has 1 aromatic heterocycles. The van der Waals surface area contributed by atoms with Gasteiger partial charge < -0.3 is 9.98 Å². The second-order valence-corrected chi connectivity index (χ2v) is 6.45. The maximum Gasteiger partial charge on any atom is 0.301 e. The van der Waals surface area contributed by atoms with E-state index in [1.807, 2.05) is 0 Å². The number of nitro benzene ring substituents is 3. The zero-order valence-corrected chi connectivity index (χ0v) is 16.2. The average molecular weight is 437 g/mol. The van der Waals surface area contributed by atoms with Gasteiger partial charge in [0.05, 0.1) is 38.4 Å². The number of aromatic nitrogens is 1. The zero-order valence-electron chi connectivity index (χ0n) is 16.2. The van der Waals surface area contributed by atoms with E-state index in [0.717, 1.165) is 12.1 Å². The first kappa shape index (κ1) is 21.8. The number of hydrazone groups is 1. The fourth-order valence-corrected chi connectivity index (χ4v) is 2.71. The summed E-state index contributed by atoms with van der Waals surface area (Å²) in [5.41, 5.74) is 2.30. The predicted molar refractivity (Wildman–Crippen MR) is 113 cm³/mol. The minimum Gasteiger partial charge on any atom is -0.348 e. The maximum absolute atomic E-state index is 11.3. The zero-order chi connectivity index (χ0) is 23.3. The number of anilines is 1. The molecule has 0 atom stereocenters. The molecule has 3 rings (SSSR count). The molecular formula is C19H15N7O6. The number of nitrogens with zero attached hydrogens (tertiary/aromatic N) is 5. The summed E-state index contributed by atoms with van der Waals surface area (Å²) in [4.78, 5) is 31.1. The van der Waals surface area contributed by atoms with Crippen molar-refractivity contribution in [2.45, 2.75) is 6.54 Å². The van der Waals surface area contributed by atoms with Crippen LogP contribution in [0.4, 0.5) is 22.7 Å². The largest absolute Gasteiger partial charge is 0.348 e. The van der Waals surface area contributed by atoms with Gasteiger partial charge in [0.25, 0.3) is 11.4 Å². The number of nitro groups is 3. The van der Waals surface area contributed by atoms with Crippen LogP contribution in [0, 0.1) is 35.8 Å². The van der Waals surface area contributed by atoms with Crippen LogP contribution in [0.25, 0.3) is 0 Å². The highest BCUT2D eigenvalue weighted by molar-refractivity contribution is 6.01. The third-order valence-corrected chi connectivity index (χ3v) is 4.33. The third kappa shape index (κ3) is 5.15. The Kier molecular flexibility index (Phi) is 6.29. The van der Waals surface area contributed by atoms with Crippen LogP contribution in [0.5, 0.6) is 0 Å². The lowest BCUT2D eigenvalue weighted by Gasteiger charge is -2.11. The van der Waals surface area contributed by atoms with E-state index in [4.69, 9.17) is 5.41 Å². The molecule has 0 fully saturated rings. The molecule has 0 bridgehead atoms. The quantitative estimate of drug-likeness (QED) is 0.308. The van der Waals surface area contributed by atoms with Gasteiger partial charge in [0.2, 0.25) is 0 Å². The lowest BCUT2D eigenvalue weighted by atomic mass is 10.1. The van der Waals surface area contributed by atoms with Crippen LogP contribution < -0.4 is 10.8 Å². The molecule has 1 heterocycles. The maximum atomic E-state index is 11.3. The van der Waals surface area contributed by atoms with Crippen LogP contribution in [0.3, 0.4) is 0 Å². The smallest absolute Gasteiger partial charge is 0.301 e. The molecule has 0 radical (unpaired) electrons. The first-order valence-corrected chi connectivity index (χ1v) is 8.95. The highest BCUT2D eigenvalue weighted by Gasteiger charge is 2.19. The summed E-state index contributed by atoms with van der Waals surface area (Å²) in [5, 5.41) is 45.3. The second kappa shape index (κ2) is 9.25. The van der Waals surface area contributed by atoms with Crippen molar-refractivity contribution in [2.75, 3.05) is 5.43 Å². The summed E-state index contributed by atoms with van der Waals surface area (Å²) in [6, 6.07) is 11.8. The molecule has 2 N–H and O–H groups in total. The van der Waals surface area contributed by atoms with E-state index < -0.39 is 26.1 Å². The number of hydrogen-bond donors (Lipinski definition) is 2. The van der Waals surface area contributed by atoms with Crippen molar-refractivity contribution in [2.24, 2.45) is 5.10 Å². The third-order valence-electron chi connectivity index (χ3n) is 4.33. The van der Waals surface area contributed by atoms with E-state index in [1.165, 1.54) is 30.3 Å². The van der Waals surface area contributed by atoms with Gasteiger partial charge in [-0.3, -0.25) is 35.8 Å². The van der Waals surface area contributed by atoms with Gasteiger partial charge in [-0.2, -0.15) is 5.10 Å². The van der Waals surface area contributed by atoms with Crippen molar-refractivity contribution >= 4 is 28.5 Å². The van der Waals surface area contributed by atoms with Crippen molar-refractivity contribution in [3.63, 3.8) is 0 Å². The van der Waals surface area contributed by atoms with Gasteiger partial charge in [-0.25, -0.2) is 0 Å². The average Bonchev–Trinajstić information content (AvgIpc) is 2.77. The van der Waals surface area contributed by atoms with Crippen LogP contribution in [0.15, 0.2) is 72.1 Å². The molecule has 13 nitrogen and oxygen atoms in total. The predicted octanol–water partition coefficient (Wildman–Crippen LogP) is 3.21. The van der Waals surface area contributed by atoms with Crippen molar-refractivity contribution < 1.29 is 14.8 Å². The minimum absolute atomic E-state index is 0.0634. The van der Waals surface area contributed by atoms with Crippen molar-refractivity contribution in [1.82, 2.24) is 4.57 Å². The Hall–Kier alpha value is -4.94. The molecule has 32 heavy (non-hydrogen) atoms. The van der Waals surface area contributed by atoms with Crippen LogP contribution in [0.2, 0.25) is 0 Å². The van der Waals surface area contributed by atoms with Gasteiger partial charge in [0.1, 0.15) is 5.69 Å². The van der Waals surface area contributed by atoms with Crippen LogP contribution in [0.1, 0.15) is 5.56 Å². The van der Waals surface area contributed by atoms with E-state index in [-0.39, 0.29) is 17.9 Å². The fourth-order valence-electron chi connectivity index (χ4n) is 2.71. The molecule has 0 aliphatic heterocycles. The van der Waals surface area contributed by atoms with Gasteiger partial charge in [-0.15, -0.1) is 0 Å².